The van der Waals surface area contributed by atoms with Gasteiger partial charge in [-0.2, -0.15) is 0 Å². The number of ketones is 1. The van der Waals surface area contributed by atoms with E-state index in [2.05, 4.69) is 15.9 Å². The summed E-state index contributed by atoms with van der Waals surface area (Å²) in [5, 5.41) is 46.7. The topological polar surface area (TPSA) is 118 Å². The molecule has 0 aromatic heterocycles. The summed E-state index contributed by atoms with van der Waals surface area (Å²) in [6, 6.07) is 0. The molecule has 0 aromatic carbocycles. The monoisotopic (exact) mass is 328 g/mol. The van der Waals surface area contributed by atoms with E-state index in [1.54, 1.807) is 0 Å². The molecular weight excluding hydrogens is 308 g/mol. The van der Waals surface area contributed by atoms with Crippen LogP contribution in [0, 0.1) is 0 Å². The number of carbonyl (C=O) groups is 1. The summed E-state index contributed by atoms with van der Waals surface area (Å²) in [7, 11) is 0. The molecule has 0 saturated carbocycles. The average Bonchev–Trinajstić information content (AvgIpc) is 2.35. The molecule has 108 valence electrons. The van der Waals surface area contributed by atoms with E-state index in [1.807, 2.05) is 6.92 Å². The zero-order chi connectivity index (χ0) is 14.3. The van der Waals surface area contributed by atoms with Crippen molar-refractivity contribution >= 4 is 21.7 Å². The molecular formula is C11H21BrO6. The van der Waals surface area contributed by atoms with E-state index in [4.69, 9.17) is 10.2 Å². The van der Waals surface area contributed by atoms with Crippen LogP contribution in [0.4, 0.5) is 0 Å². The minimum atomic E-state index is -2.32. The maximum atomic E-state index is 11.7. The van der Waals surface area contributed by atoms with Gasteiger partial charge in [0.05, 0.1) is 6.61 Å². The van der Waals surface area contributed by atoms with Crippen LogP contribution in [0.1, 0.15) is 32.6 Å². The number of rotatable bonds is 9. The lowest BCUT2D eigenvalue weighted by Crippen LogP contribution is -2.54. The van der Waals surface area contributed by atoms with Crippen molar-refractivity contribution in [2.24, 2.45) is 0 Å². The summed E-state index contributed by atoms with van der Waals surface area (Å²) in [6.45, 7) is 1.17. The first-order valence-electron chi connectivity index (χ1n) is 5.88. The molecule has 0 aliphatic heterocycles. The minimum Gasteiger partial charge on any atom is -0.394 e. The minimum absolute atomic E-state index is 0.0502. The Morgan fingerprint density at radius 2 is 1.83 bits per heavy atom. The molecule has 0 heterocycles. The lowest BCUT2D eigenvalue weighted by atomic mass is 9.97. The van der Waals surface area contributed by atoms with Crippen LogP contribution in [0.15, 0.2) is 0 Å². The number of unbranched alkanes of at least 4 members (excludes halogenated alkanes) is 2. The Bertz CT molecular complexity index is 258. The number of Topliss-reactive ketones (excluding diaryl/α,β-unsaturated/α-hetero) is 1. The predicted octanol–water partition coefficient (Wildman–Crippen LogP) is -0.706. The van der Waals surface area contributed by atoms with Crippen molar-refractivity contribution < 1.29 is 30.3 Å². The maximum Gasteiger partial charge on any atom is 0.206 e. The van der Waals surface area contributed by atoms with Crippen LogP contribution in [0.3, 0.4) is 0 Å². The van der Waals surface area contributed by atoms with Crippen LogP contribution >= 0.6 is 15.9 Å². The second-order valence-corrected chi connectivity index (χ2v) is 5.45. The zero-order valence-electron chi connectivity index (χ0n) is 10.3. The number of hydrogen-bond donors (Lipinski definition) is 5. The van der Waals surface area contributed by atoms with Crippen molar-refractivity contribution in [3.63, 3.8) is 0 Å². The van der Waals surface area contributed by atoms with Gasteiger partial charge in [0, 0.05) is 6.42 Å². The van der Waals surface area contributed by atoms with Gasteiger partial charge < -0.3 is 25.5 Å². The number of hydrogen-bond acceptors (Lipinski definition) is 6. The van der Waals surface area contributed by atoms with Crippen LogP contribution < -0.4 is 0 Å². The van der Waals surface area contributed by atoms with Gasteiger partial charge in [0.2, 0.25) is 4.51 Å². The summed E-state index contributed by atoms with van der Waals surface area (Å²) < 4.78 is -2.32. The molecule has 0 radical (unpaired) electrons. The Labute approximate surface area is 114 Å². The smallest absolute Gasteiger partial charge is 0.206 e. The standard InChI is InChI=1S/C11H21BrO6/c1-2-3-4-5-8(15)11(12,18)10(17)9(16)7(14)6-13/h7,9-10,13-14,16-18H,2-6H2,1H3/t7?,9?,10?,11-/m0/s1. The van der Waals surface area contributed by atoms with Gasteiger partial charge in [0.1, 0.15) is 18.3 Å². The van der Waals surface area contributed by atoms with E-state index in [0.717, 1.165) is 12.8 Å². The molecule has 0 fully saturated rings. The van der Waals surface area contributed by atoms with Crippen molar-refractivity contribution in [2.75, 3.05) is 6.61 Å². The highest BCUT2D eigenvalue weighted by atomic mass is 79.9. The fourth-order valence-electron chi connectivity index (χ4n) is 1.42. The van der Waals surface area contributed by atoms with Gasteiger partial charge in [-0.1, -0.05) is 19.8 Å². The summed E-state index contributed by atoms with van der Waals surface area (Å²) in [6.07, 6.45) is -3.05. The van der Waals surface area contributed by atoms with Gasteiger partial charge in [-0.25, -0.2) is 0 Å². The van der Waals surface area contributed by atoms with Crippen molar-refractivity contribution in [1.82, 2.24) is 0 Å². The number of aliphatic hydroxyl groups excluding tert-OH is 4. The first-order valence-corrected chi connectivity index (χ1v) is 6.67. The van der Waals surface area contributed by atoms with Gasteiger partial charge >= 0.3 is 0 Å². The van der Waals surface area contributed by atoms with Crippen LogP contribution in [0.25, 0.3) is 0 Å². The van der Waals surface area contributed by atoms with Crippen LogP contribution in [-0.2, 0) is 4.79 Å². The highest BCUT2D eigenvalue weighted by Crippen LogP contribution is 2.26. The van der Waals surface area contributed by atoms with Gasteiger partial charge in [-0.05, 0) is 22.4 Å². The van der Waals surface area contributed by atoms with Gasteiger partial charge in [-0.3, -0.25) is 4.79 Å². The van der Waals surface area contributed by atoms with E-state index >= 15 is 0 Å². The molecule has 0 saturated heterocycles. The molecule has 0 rings (SSSR count). The SMILES string of the molecule is CCCCCC(=O)[C@@](O)(Br)C(O)C(O)C(O)CO. The lowest BCUT2D eigenvalue weighted by molar-refractivity contribution is -0.152. The Kier molecular flexibility index (Phi) is 8.16. The van der Waals surface area contributed by atoms with Crippen LogP contribution in [0.5, 0.6) is 0 Å². The lowest BCUT2D eigenvalue weighted by Gasteiger charge is -2.31. The van der Waals surface area contributed by atoms with Gasteiger partial charge in [0.15, 0.2) is 5.78 Å². The summed E-state index contributed by atoms with van der Waals surface area (Å²) in [4.78, 5) is 11.7. The molecule has 5 N–H and O–H groups in total. The number of aliphatic hydroxyl groups is 5. The molecule has 0 aliphatic carbocycles. The van der Waals surface area contributed by atoms with E-state index in [-0.39, 0.29) is 6.42 Å². The van der Waals surface area contributed by atoms with Crippen molar-refractivity contribution in [3.05, 3.63) is 0 Å². The molecule has 0 aliphatic rings. The summed E-state index contributed by atoms with van der Waals surface area (Å²) in [5.74, 6) is -0.673. The number of carbonyl (C=O) groups excluding carboxylic acids is 1. The first kappa shape index (κ1) is 17.9. The predicted molar refractivity (Wildman–Crippen MR) is 68.1 cm³/mol. The van der Waals surface area contributed by atoms with E-state index in [0.29, 0.717) is 6.42 Å². The summed E-state index contributed by atoms with van der Waals surface area (Å²) in [5.41, 5.74) is 0. The Balaban J connectivity index is 4.54. The summed E-state index contributed by atoms with van der Waals surface area (Å²) >= 11 is 2.67. The number of alkyl halides is 1. The fourth-order valence-corrected chi connectivity index (χ4v) is 1.89. The molecule has 3 unspecified atom stereocenters. The average molecular weight is 329 g/mol. The van der Waals surface area contributed by atoms with Crippen molar-refractivity contribution in [1.29, 1.82) is 0 Å². The van der Waals surface area contributed by atoms with Gasteiger partial charge in [0.25, 0.3) is 0 Å². The molecule has 0 amide bonds. The molecule has 0 aromatic rings. The fraction of sp³-hybridized carbons (Fsp3) is 0.909. The second kappa shape index (κ2) is 8.19. The number of halogens is 1. The Hall–Kier alpha value is -0.0500. The highest BCUT2D eigenvalue weighted by molar-refractivity contribution is 9.10. The molecule has 0 bridgehead atoms. The van der Waals surface area contributed by atoms with Crippen molar-refractivity contribution in [2.45, 2.75) is 55.4 Å². The molecule has 7 heteroatoms. The van der Waals surface area contributed by atoms with E-state index in [9.17, 15) is 20.1 Å². The third-order valence-electron chi connectivity index (χ3n) is 2.70. The van der Waals surface area contributed by atoms with E-state index < -0.39 is 35.2 Å². The third-order valence-corrected chi connectivity index (χ3v) is 3.61. The Morgan fingerprint density at radius 1 is 1.28 bits per heavy atom. The highest BCUT2D eigenvalue weighted by Gasteiger charge is 2.45. The quantitative estimate of drug-likeness (QED) is 0.282. The first-order chi connectivity index (χ1) is 8.28. The zero-order valence-corrected chi connectivity index (χ0v) is 11.9. The second-order valence-electron chi connectivity index (χ2n) is 4.24. The Morgan fingerprint density at radius 3 is 2.28 bits per heavy atom. The van der Waals surface area contributed by atoms with Crippen molar-refractivity contribution in [3.8, 4) is 0 Å². The van der Waals surface area contributed by atoms with Gasteiger partial charge in [-0.15, -0.1) is 0 Å². The molecule has 6 nitrogen and oxygen atoms in total. The molecule has 0 spiro atoms. The maximum absolute atomic E-state index is 11.7. The van der Waals surface area contributed by atoms with E-state index in [1.165, 1.54) is 0 Å². The molecule has 4 atom stereocenters. The normalized spacial score (nSPS) is 19.9. The third kappa shape index (κ3) is 4.91. The molecule has 18 heavy (non-hydrogen) atoms. The van der Waals surface area contributed by atoms with Crippen LogP contribution in [0.2, 0.25) is 0 Å². The van der Waals surface area contributed by atoms with Crippen LogP contribution in [-0.4, -0.2) is 60.7 Å². The largest absolute Gasteiger partial charge is 0.394 e.